The molecular formula is C11H7BrN4OS. The Kier molecular flexibility index (Phi) is 2.85. The van der Waals surface area contributed by atoms with Crippen LogP contribution in [-0.4, -0.2) is 15.1 Å². The first kappa shape index (κ1) is 11.4. The Labute approximate surface area is 115 Å². The largest absolute Gasteiger partial charge is 0.397 e. The third-order valence-corrected chi connectivity index (χ3v) is 3.88. The maximum Gasteiger partial charge on any atom is 0.279 e. The van der Waals surface area contributed by atoms with Crippen molar-refractivity contribution in [2.24, 2.45) is 0 Å². The van der Waals surface area contributed by atoms with E-state index in [1.54, 1.807) is 18.3 Å². The lowest BCUT2D eigenvalue weighted by Crippen LogP contribution is -1.92. The van der Waals surface area contributed by atoms with Gasteiger partial charge < -0.3 is 10.3 Å². The number of anilines is 1. The van der Waals surface area contributed by atoms with Crippen LogP contribution in [0.15, 0.2) is 38.8 Å². The fourth-order valence-electron chi connectivity index (χ4n) is 1.45. The number of nitrogens with zero attached hydrogens (tertiary/aromatic N) is 3. The van der Waals surface area contributed by atoms with Crippen molar-refractivity contribution in [2.75, 3.05) is 5.73 Å². The number of hydrogen-bond donors (Lipinski definition) is 1. The van der Waals surface area contributed by atoms with Crippen LogP contribution in [0.25, 0.3) is 22.3 Å². The van der Waals surface area contributed by atoms with Crippen LogP contribution in [0, 0.1) is 0 Å². The van der Waals surface area contributed by atoms with Gasteiger partial charge in [-0.05, 0) is 40.2 Å². The van der Waals surface area contributed by atoms with E-state index >= 15 is 0 Å². The van der Waals surface area contributed by atoms with E-state index in [0.29, 0.717) is 23.1 Å². The Bertz CT molecular complexity index is 694. The molecule has 90 valence electrons. The maximum absolute atomic E-state index is 5.81. The lowest BCUT2D eigenvalue weighted by atomic mass is 10.3. The van der Waals surface area contributed by atoms with Crippen LogP contribution in [-0.2, 0) is 0 Å². The molecule has 7 heteroatoms. The molecule has 0 fully saturated rings. The molecule has 2 N–H and O–H groups in total. The first-order valence-corrected chi connectivity index (χ1v) is 6.65. The highest BCUT2D eigenvalue weighted by atomic mass is 79.9. The van der Waals surface area contributed by atoms with Gasteiger partial charge in [-0.1, -0.05) is 5.16 Å². The van der Waals surface area contributed by atoms with Gasteiger partial charge in [0.05, 0.1) is 14.4 Å². The molecule has 0 aliphatic rings. The topological polar surface area (TPSA) is 77.8 Å². The predicted molar refractivity (Wildman–Crippen MR) is 73.0 cm³/mol. The molecule has 3 aromatic heterocycles. The summed E-state index contributed by atoms with van der Waals surface area (Å²) in [5.74, 6) is 0.860. The highest BCUT2D eigenvalue weighted by Gasteiger charge is 2.14. The van der Waals surface area contributed by atoms with Crippen molar-refractivity contribution in [1.82, 2.24) is 15.1 Å². The molecule has 0 saturated carbocycles. The monoisotopic (exact) mass is 322 g/mol. The second-order valence-electron chi connectivity index (χ2n) is 3.47. The van der Waals surface area contributed by atoms with Crippen molar-refractivity contribution in [3.05, 3.63) is 34.2 Å². The molecule has 0 amide bonds. The molecule has 3 heterocycles. The zero-order valence-corrected chi connectivity index (χ0v) is 11.4. The number of pyridine rings is 1. The third-order valence-electron chi connectivity index (χ3n) is 2.26. The quantitative estimate of drug-likeness (QED) is 0.783. The standard InChI is InChI=1S/C11H7BrN4OS/c12-8-4-3-7(18-8)10-15-11(17-16-10)9-6(13)2-1-5-14-9/h1-5H,13H2. The van der Waals surface area contributed by atoms with Gasteiger partial charge in [0.2, 0.25) is 5.82 Å². The average molecular weight is 323 g/mol. The summed E-state index contributed by atoms with van der Waals surface area (Å²) in [7, 11) is 0. The van der Waals surface area contributed by atoms with Gasteiger partial charge in [0.25, 0.3) is 5.89 Å². The summed E-state index contributed by atoms with van der Waals surface area (Å²) in [6.07, 6.45) is 1.64. The smallest absolute Gasteiger partial charge is 0.279 e. The maximum atomic E-state index is 5.81. The molecule has 0 aromatic carbocycles. The highest BCUT2D eigenvalue weighted by molar-refractivity contribution is 9.11. The number of aromatic nitrogens is 3. The molecule has 0 spiro atoms. The van der Waals surface area contributed by atoms with Crippen LogP contribution in [0.4, 0.5) is 5.69 Å². The van der Waals surface area contributed by atoms with Crippen molar-refractivity contribution >= 4 is 33.0 Å². The van der Waals surface area contributed by atoms with Gasteiger partial charge in [-0.2, -0.15) is 4.98 Å². The van der Waals surface area contributed by atoms with Gasteiger partial charge in [0.15, 0.2) is 5.69 Å². The SMILES string of the molecule is Nc1cccnc1-c1nc(-c2ccc(Br)s2)no1. The van der Waals surface area contributed by atoms with Gasteiger partial charge in [-0.3, -0.25) is 0 Å². The van der Waals surface area contributed by atoms with E-state index in [-0.39, 0.29) is 0 Å². The number of rotatable bonds is 2. The summed E-state index contributed by atoms with van der Waals surface area (Å²) in [4.78, 5) is 9.35. The number of hydrogen-bond acceptors (Lipinski definition) is 6. The number of halogens is 1. The zero-order chi connectivity index (χ0) is 12.5. The highest BCUT2D eigenvalue weighted by Crippen LogP contribution is 2.31. The fourth-order valence-corrected chi connectivity index (χ4v) is 2.76. The van der Waals surface area contributed by atoms with E-state index in [9.17, 15) is 0 Å². The molecule has 0 unspecified atom stereocenters. The predicted octanol–water partition coefficient (Wildman–Crippen LogP) is 3.20. The van der Waals surface area contributed by atoms with Crippen molar-refractivity contribution in [2.45, 2.75) is 0 Å². The summed E-state index contributed by atoms with van der Waals surface area (Å²) < 4.78 is 6.20. The molecule has 3 rings (SSSR count). The van der Waals surface area contributed by atoms with Crippen molar-refractivity contribution in [3.63, 3.8) is 0 Å². The van der Waals surface area contributed by atoms with Gasteiger partial charge in [-0.25, -0.2) is 4.98 Å². The second kappa shape index (κ2) is 4.51. The molecule has 0 radical (unpaired) electrons. The molecule has 5 nitrogen and oxygen atoms in total. The van der Waals surface area contributed by atoms with Crippen LogP contribution in [0.2, 0.25) is 0 Å². The van der Waals surface area contributed by atoms with E-state index in [1.807, 2.05) is 12.1 Å². The molecule has 0 saturated heterocycles. The number of nitrogens with two attached hydrogens (primary N) is 1. The minimum atomic E-state index is 0.327. The zero-order valence-electron chi connectivity index (χ0n) is 9.00. The van der Waals surface area contributed by atoms with Crippen LogP contribution in [0.3, 0.4) is 0 Å². The van der Waals surface area contributed by atoms with Crippen molar-refractivity contribution < 1.29 is 4.52 Å². The molecule has 0 atom stereocenters. The molecular weight excluding hydrogens is 316 g/mol. The van der Waals surface area contributed by atoms with Gasteiger partial charge in [0, 0.05) is 6.20 Å². The van der Waals surface area contributed by atoms with Crippen molar-refractivity contribution in [1.29, 1.82) is 0 Å². The summed E-state index contributed by atoms with van der Waals surface area (Å²) in [6, 6.07) is 7.36. The van der Waals surface area contributed by atoms with E-state index in [4.69, 9.17) is 10.3 Å². The molecule has 3 aromatic rings. The normalized spacial score (nSPS) is 10.7. The minimum absolute atomic E-state index is 0.327. The Morgan fingerprint density at radius 1 is 1.28 bits per heavy atom. The number of nitrogen functional groups attached to an aromatic ring is 1. The van der Waals surface area contributed by atoms with E-state index in [0.717, 1.165) is 8.66 Å². The summed E-state index contributed by atoms with van der Waals surface area (Å²) in [5, 5.41) is 3.93. The first-order chi connectivity index (χ1) is 8.74. The van der Waals surface area contributed by atoms with Crippen LogP contribution >= 0.6 is 27.3 Å². The minimum Gasteiger partial charge on any atom is -0.397 e. The van der Waals surface area contributed by atoms with Gasteiger partial charge >= 0.3 is 0 Å². The summed E-state index contributed by atoms with van der Waals surface area (Å²) >= 11 is 4.93. The molecule has 0 bridgehead atoms. The van der Waals surface area contributed by atoms with E-state index in [1.165, 1.54) is 11.3 Å². The number of thiophene rings is 1. The summed E-state index contributed by atoms with van der Waals surface area (Å²) in [6.45, 7) is 0. The second-order valence-corrected chi connectivity index (χ2v) is 5.93. The molecule has 0 aliphatic carbocycles. The van der Waals surface area contributed by atoms with Crippen LogP contribution < -0.4 is 5.73 Å². The Morgan fingerprint density at radius 2 is 2.17 bits per heavy atom. The Balaban J connectivity index is 2.02. The van der Waals surface area contributed by atoms with Gasteiger partial charge in [-0.15, -0.1) is 11.3 Å². The third kappa shape index (κ3) is 2.02. The molecule has 18 heavy (non-hydrogen) atoms. The van der Waals surface area contributed by atoms with Crippen LogP contribution in [0.1, 0.15) is 0 Å². The Hall–Kier alpha value is -1.73. The average Bonchev–Trinajstić information content (AvgIpc) is 2.98. The summed E-state index contributed by atoms with van der Waals surface area (Å²) in [5.41, 5.74) is 6.83. The van der Waals surface area contributed by atoms with Crippen molar-refractivity contribution in [3.8, 4) is 22.3 Å². The van der Waals surface area contributed by atoms with Gasteiger partial charge in [0.1, 0.15) is 0 Å². The van der Waals surface area contributed by atoms with Crippen LogP contribution in [0.5, 0.6) is 0 Å². The van der Waals surface area contributed by atoms with E-state index < -0.39 is 0 Å². The molecule has 0 aliphatic heterocycles. The fraction of sp³-hybridized carbons (Fsp3) is 0. The lowest BCUT2D eigenvalue weighted by molar-refractivity contribution is 0.431. The Morgan fingerprint density at radius 3 is 2.89 bits per heavy atom. The lowest BCUT2D eigenvalue weighted by Gasteiger charge is -1.96. The van der Waals surface area contributed by atoms with E-state index in [2.05, 4.69) is 31.1 Å². The first-order valence-electron chi connectivity index (χ1n) is 5.04.